The number of rotatable bonds is 11. The molecule has 0 saturated carbocycles. The number of hydrogen-bond donors (Lipinski definition) is 2. The van der Waals surface area contributed by atoms with Gasteiger partial charge in [0.05, 0.1) is 17.6 Å². The molecule has 0 fully saturated rings. The summed E-state index contributed by atoms with van der Waals surface area (Å²) in [6, 6.07) is 9.61. The molecular weight excluding hydrogens is 516 g/mol. The Kier molecular flexibility index (Phi) is 18.2. The average Bonchev–Trinajstić information content (AvgIpc) is 3.48. The predicted molar refractivity (Wildman–Crippen MR) is 160 cm³/mol. The molecule has 38 heavy (non-hydrogen) atoms. The van der Waals surface area contributed by atoms with E-state index in [1.165, 1.54) is 21.8 Å². The normalized spacial score (nSPS) is 11.5. The van der Waals surface area contributed by atoms with Gasteiger partial charge in [-0.1, -0.05) is 51.5 Å². The molecule has 0 spiro atoms. The largest absolute Gasteiger partial charge is 0.493 e. The van der Waals surface area contributed by atoms with Crippen LogP contribution in [0.15, 0.2) is 60.4 Å². The van der Waals surface area contributed by atoms with Crippen LogP contribution >= 0.6 is 22.7 Å². The number of carboxylic acid groups (broad SMARTS) is 1. The van der Waals surface area contributed by atoms with Crippen LogP contribution in [-0.2, 0) is 16.0 Å². The first-order valence-electron chi connectivity index (χ1n) is 12.6. The lowest BCUT2D eigenvalue weighted by Gasteiger charge is -2.08. The van der Waals surface area contributed by atoms with Crippen LogP contribution in [0.4, 0.5) is 0 Å². The minimum Gasteiger partial charge on any atom is -0.493 e. The van der Waals surface area contributed by atoms with E-state index in [0.717, 1.165) is 34.1 Å². The number of carbonyl (C=O) groups is 2. The molecule has 0 aliphatic carbocycles. The van der Waals surface area contributed by atoms with E-state index in [1.807, 2.05) is 32.0 Å². The molecule has 1 amide bonds. The van der Waals surface area contributed by atoms with Crippen molar-refractivity contribution in [1.29, 1.82) is 5.26 Å². The van der Waals surface area contributed by atoms with Gasteiger partial charge in [0.2, 0.25) is 0 Å². The number of carboxylic acids is 1. The number of nitrogens with one attached hydrogen (secondary N) is 1. The number of nitriles is 1. The van der Waals surface area contributed by atoms with Gasteiger partial charge in [-0.25, -0.2) is 0 Å². The number of hydrogen-bond acceptors (Lipinski definition) is 6. The molecule has 0 saturated heterocycles. The van der Waals surface area contributed by atoms with Crippen molar-refractivity contribution in [3.8, 4) is 6.07 Å². The molecule has 1 unspecified atom stereocenters. The fraction of sp³-hybridized carbons (Fsp3) is 0.433. The summed E-state index contributed by atoms with van der Waals surface area (Å²) < 4.78 is 5.50. The molecule has 2 rings (SSSR count). The first kappa shape index (κ1) is 34.9. The van der Waals surface area contributed by atoms with E-state index in [-0.39, 0.29) is 25.0 Å². The summed E-state index contributed by atoms with van der Waals surface area (Å²) in [7, 11) is 0. The Morgan fingerprint density at radius 2 is 1.82 bits per heavy atom. The molecule has 2 N–H and O–H groups in total. The van der Waals surface area contributed by atoms with Gasteiger partial charge in [-0.05, 0) is 63.5 Å². The number of carbonyl (C=O) groups excluding carboxylic acids is 1. The van der Waals surface area contributed by atoms with Gasteiger partial charge in [0, 0.05) is 22.7 Å². The lowest BCUT2D eigenvalue weighted by molar-refractivity contribution is -0.136. The van der Waals surface area contributed by atoms with Gasteiger partial charge in [-0.2, -0.15) is 5.26 Å². The number of allylic oxidation sites excluding steroid dienone is 4. The van der Waals surface area contributed by atoms with Crippen molar-refractivity contribution in [2.24, 2.45) is 5.92 Å². The van der Waals surface area contributed by atoms with Crippen LogP contribution in [0.1, 0.15) is 91.7 Å². The monoisotopic (exact) mass is 558 g/mol. The Morgan fingerprint density at radius 1 is 1.16 bits per heavy atom. The fourth-order valence-corrected chi connectivity index (χ4v) is 4.44. The molecule has 2 aromatic heterocycles. The first-order valence-corrected chi connectivity index (χ1v) is 14.2. The van der Waals surface area contributed by atoms with Gasteiger partial charge in [-0.3, -0.25) is 9.59 Å². The van der Waals surface area contributed by atoms with Gasteiger partial charge in [0.1, 0.15) is 17.1 Å². The third-order valence-corrected chi connectivity index (χ3v) is 6.52. The highest BCUT2D eigenvalue weighted by atomic mass is 32.1. The average molecular weight is 559 g/mol. The molecule has 0 bridgehead atoms. The second-order valence-electron chi connectivity index (χ2n) is 9.27. The number of ether oxygens (including phenoxy) is 1. The van der Waals surface area contributed by atoms with E-state index >= 15 is 0 Å². The summed E-state index contributed by atoms with van der Waals surface area (Å²) in [5.41, 5.74) is 2.28. The maximum Gasteiger partial charge on any atom is 0.305 e. The second-order valence-corrected chi connectivity index (χ2v) is 11.6. The van der Waals surface area contributed by atoms with Gasteiger partial charge in [0.15, 0.2) is 0 Å². The quantitative estimate of drug-likeness (QED) is 0.164. The van der Waals surface area contributed by atoms with E-state index < -0.39 is 5.97 Å². The summed E-state index contributed by atoms with van der Waals surface area (Å²) in [6.07, 6.45) is 7.40. The second kappa shape index (κ2) is 19.9. The summed E-state index contributed by atoms with van der Waals surface area (Å²) in [5.74, 6) is -0.370. The van der Waals surface area contributed by atoms with Crippen molar-refractivity contribution in [3.05, 3.63) is 79.9 Å². The Hall–Kier alpha value is -3.15. The smallest absolute Gasteiger partial charge is 0.305 e. The third-order valence-electron chi connectivity index (χ3n) is 4.29. The van der Waals surface area contributed by atoms with Crippen LogP contribution in [0.5, 0.6) is 0 Å². The predicted octanol–water partition coefficient (Wildman–Crippen LogP) is 8.30. The minimum atomic E-state index is -0.937. The van der Waals surface area contributed by atoms with Crippen molar-refractivity contribution in [2.45, 2.75) is 73.8 Å². The highest BCUT2D eigenvalue weighted by Crippen LogP contribution is 2.26. The summed E-state index contributed by atoms with van der Waals surface area (Å²) in [5, 5.41) is 19.7. The lowest BCUT2D eigenvalue weighted by Crippen LogP contribution is -2.25. The van der Waals surface area contributed by atoms with Gasteiger partial charge in [0.25, 0.3) is 5.91 Å². The van der Waals surface area contributed by atoms with Gasteiger partial charge < -0.3 is 15.2 Å². The zero-order chi connectivity index (χ0) is 29.1. The van der Waals surface area contributed by atoms with Gasteiger partial charge >= 0.3 is 5.97 Å². The van der Waals surface area contributed by atoms with Crippen molar-refractivity contribution < 1.29 is 19.4 Å². The van der Waals surface area contributed by atoms with Crippen LogP contribution in [0, 0.1) is 17.2 Å². The van der Waals surface area contributed by atoms with E-state index in [4.69, 9.17) is 15.1 Å². The first-order chi connectivity index (χ1) is 17.9. The fourth-order valence-electron chi connectivity index (χ4n) is 2.63. The topological polar surface area (TPSA) is 99.4 Å². The zero-order valence-corrected chi connectivity index (χ0v) is 25.3. The van der Waals surface area contributed by atoms with E-state index in [2.05, 4.69) is 58.7 Å². The van der Waals surface area contributed by atoms with Crippen molar-refractivity contribution in [1.82, 2.24) is 5.32 Å². The van der Waals surface area contributed by atoms with Crippen molar-refractivity contribution >= 4 is 34.6 Å². The summed E-state index contributed by atoms with van der Waals surface area (Å²) in [4.78, 5) is 25.7. The Labute approximate surface area is 236 Å². The van der Waals surface area contributed by atoms with E-state index in [0.29, 0.717) is 4.88 Å². The molecule has 0 aromatic carbocycles. The third kappa shape index (κ3) is 17.3. The minimum absolute atomic E-state index is 0.0881. The Bertz CT molecular complexity index is 1100. The van der Waals surface area contributed by atoms with E-state index in [1.54, 1.807) is 29.7 Å². The van der Waals surface area contributed by atoms with Crippen LogP contribution in [-0.4, -0.2) is 23.5 Å². The Balaban J connectivity index is 0.000000682. The van der Waals surface area contributed by atoms with Crippen LogP contribution < -0.4 is 5.32 Å². The highest BCUT2D eigenvalue weighted by molar-refractivity contribution is 7.14. The van der Waals surface area contributed by atoms with E-state index in [9.17, 15) is 9.59 Å². The molecule has 8 heteroatoms. The number of nitrogens with zero attached hydrogens (tertiary/aromatic N) is 1. The van der Waals surface area contributed by atoms with Crippen LogP contribution in [0.25, 0.3) is 0 Å². The summed E-state index contributed by atoms with van der Waals surface area (Å²) in [6.45, 7) is 18.4. The number of aliphatic carboxylic acids is 1. The molecule has 6 nitrogen and oxygen atoms in total. The van der Waals surface area contributed by atoms with Gasteiger partial charge in [-0.15, -0.1) is 22.7 Å². The highest BCUT2D eigenvalue weighted by Gasteiger charge is 2.13. The molecule has 1 atom stereocenters. The molecule has 2 heterocycles. The number of thiophene rings is 2. The summed E-state index contributed by atoms with van der Waals surface area (Å²) >= 11 is 2.91. The zero-order valence-electron chi connectivity index (χ0n) is 23.7. The molecular formula is C30H42N2O4S2. The van der Waals surface area contributed by atoms with Crippen molar-refractivity contribution in [2.75, 3.05) is 6.54 Å². The molecule has 0 aliphatic heterocycles. The van der Waals surface area contributed by atoms with Crippen LogP contribution in [0.2, 0.25) is 0 Å². The lowest BCUT2D eigenvalue weighted by atomic mass is 10.1. The molecule has 0 radical (unpaired) electrons. The van der Waals surface area contributed by atoms with Crippen molar-refractivity contribution in [3.63, 3.8) is 0 Å². The maximum atomic E-state index is 11.8. The molecule has 208 valence electrons. The molecule has 0 aliphatic rings. The molecule has 2 aromatic rings. The van der Waals surface area contributed by atoms with Crippen LogP contribution in [0.3, 0.4) is 0 Å². The number of amides is 1. The Morgan fingerprint density at radius 3 is 2.34 bits per heavy atom. The standard InChI is InChI=1S/C15H19NO4S.C11H13NS.C4H10/c1-10(2)7-9-20-11(3)12-4-5-13(21-12)15(19)16-8-6-14(17)18;1-3-4-9(2)7-10-5-6-11(8-12)13-10;1-4(2)3/h4-5,7,9,11H,1,6,8H2,2-3H3,(H,16,19)(H,17,18);4-6H,3,7H2,1-2H3;4H,1-3H3/b9-7+;9-4-;. The maximum absolute atomic E-state index is 11.8. The SMILES string of the molecule is C=C(C)/C=C/OC(C)c1ccc(C(=O)NCCC(=O)O)s1.CC(C)C.CC/C=C(/C)Cc1ccc(C#N)s1.